The average molecular weight is 517 g/mol. The summed E-state index contributed by atoms with van der Waals surface area (Å²) in [6.07, 6.45) is -5.71. The van der Waals surface area contributed by atoms with Gasteiger partial charge in [0.05, 0.1) is 11.5 Å². The van der Waals surface area contributed by atoms with Gasteiger partial charge in [-0.3, -0.25) is 10.0 Å². The Balaban J connectivity index is 1.65. The number of hydroxylamine groups is 1. The number of carbonyl (C=O) groups is 1. The van der Waals surface area contributed by atoms with Crippen molar-refractivity contribution >= 4 is 25.8 Å². The number of amides is 1. The van der Waals surface area contributed by atoms with E-state index in [0.717, 1.165) is 16.4 Å². The Kier molecular flexibility index (Phi) is 7.17. The van der Waals surface area contributed by atoms with E-state index in [1.54, 1.807) is 0 Å². The number of carbonyl (C=O) groups excluding carboxylic acids is 1. The van der Waals surface area contributed by atoms with Crippen LogP contribution in [0.15, 0.2) is 24.3 Å². The summed E-state index contributed by atoms with van der Waals surface area (Å²) < 4.78 is 95.4. The lowest BCUT2D eigenvalue weighted by atomic mass is 10.0. The van der Waals surface area contributed by atoms with Gasteiger partial charge in [-0.15, -0.1) is 13.2 Å². The Bertz CT molecular complexity index is 1050. The molecule has 15 heteroatoms. The second kappa shape index (κ2) is 9.27. The van der Waals surface area contributed by atoms with Crippen LogP contribution in [0.2, 0.25) is 0 Å². The molecule has 1 amide bonds. The molecule has 2 N–H and O–H groups in total. The first-order chi connectivity index (χ1) is 15.3. The summed E-state index contributed by atoms with van der Waals surface area (Å²) in [5, 5.41) is 9.11. The molecule has 33 heavy (non-hydrogen) atoms. The van der Waals surface area contributed by atoms with Gasteiger partial charge in [0, 0.05) is 13.1 Å². The maximum Gasteiger partial charge on any atom is 0.573 e. The van der Waals surface area contributed by atoms with Crippen LogP contribution in [0.5, 0.6) is 11.5 Å². The summed E-state index contributed by atoms with van der Waals surface area (Å²) in [7, 11) is -7.79. The largest absolute Gasteiger partial charge is 0.573 e. The van der Waals surface area contributed by atoms with Crippen molar-refractivity contribution in [1.82, 2.24) is 9.79 Å². The maximum absolute atomic E-state index is 13.3. The molecule has 0 aliphatic carbocycles. The zero-order valence-corrected chi connectivity index (χ0v) is 18.9. The predicted octanol–water partition coefficient (Wildman–Crippen LogP) is 1.21. The minimum absolute atomic E-state index is 0.0184. The molecule has 2 saturated heterocycles. The Labute approximate surface area is 188 Å². The van der Waals surface area contributed by atoms with Crippen LogP contribution in [0.25, 0.3) is 0 Å². The molecule has 10 nitrogen and oxygen atoms in total. The number of hydrogen-bond acceptors (Lipinski definition) is 8. The second-order valence-corrected chi connectivity index (χ2v) is 12.4. The van der Waals surface area contributed by atoms with Gasteiger partial charge in [-0.25, -0.2) is 26.6 Å². The first-order valence-corrected chi connectivity index (χ1v) is 13.2. The van der Waals surface area contributed by atoms with E-state index in [4.69, 9.17) is 9.94 Å². The first-order valence-electron chi connectivity index (χ1n) is 9.95. The van der Waals surface area contributed by atoms with E-state index >= 15 is 0 Å². The Hall–Kier alpha value is -2.10. The van der Waals surface area contributed by atoms with E-state index < -0.39 is 73.1 Å². The highest BCUT2D eigenvalue weighted by Gasteiger charge is 2.56. The molecule has 0 radical (unpaired) electrons. The summed E-state index contributed by atoms with van der Waals surface area (Å²) in [4.78, 5) is 12.3. The van der Waals surface area contributed by atoms with E-state index in [9.17, 15) is 34.8 Å². The van der Waals surface area contributed by atoms with Crippen molar-refractivity contribution < 1.29 is 49.5 Å². The van der Waals surface area contributed by atoms with Crippen LogP contribution >= 0.6 is 0 Å². The van der Waals surface area contributed by atoms with Crippen molar-refractivity contribution in [2.45, 2.75) is 42.9 Å². The van der Waals surface area contributed by atoms with Gasteiger partial charge in [-0.1, -0.05) is 0 Å². The fraction of sp³-hybridized carbons (Fsp3) is 0.611. The number of hydrogen-bond donors (Lipinski definition) is 2. The second-order valence-electron chi connectivity index (χ2n) is 7.83. The molecule has 1 aromatic carbocycles. The van der Waals surface area contributed by atoms with Crippen molar-refractivity contribution in [3.05, 3.63) is 24.3 Å². The van der Waals surface area contributed by atoms with Crippen molar-refractivity contribution in [1.29, 1.82) is 0 Å². The highest BCUT2D eigenvalue weighted by molar-refractivity contribution is 7.93. The van der Waals surface area contributed by atoms with Crippen LogP contribution in [0.3, 0.4) is 0 Å². The number of nitrogens with one attached hydrogen (secondary N) is 1. The minimum atomic E-state index is -4.81. The molecule has 186 valence electrons. The summed E-state index contributed by atoms with van der Waals surface area (Å²) in [5.41, 5.74) is 1.36. The van der Waals surface area contributed by atoms with E-state index in [2.05, 4.69) is 4.74 Å². The number of sulfone groups is 1. The molecule has 0 saturated carbocycles. The van der Waals surface area contributed by atoms with Gasteiger partial charge in [-0.2, -0.15) is 0 Å². The molecular formula is C18H23F3N2O8S2. The lowest BCUT2D eigenvalue weighted by molar-refractivity contribution is -0.274. The van der Waals surface area contributed by atoms with Gasteiger partial charge in [0.2, 0.25) is 10.0 Å². The summed E-state index contributed by atoms with van der Waals surface area (Å²) >= 11 is 0. The minimum Gasteiger partial charge on any atom is -0.490 e. The fourth-order valence-corrected chi connectivity index (χ4v) is 7.89. The topological polar surface area (TPSA) is 139 Å². The van der Waals surface area contributed by atoms with Crippen LogP contribution < -0.4 is 15.0 Å². The number of ether oxygens (including phenoxy) is 2. The zero-order valence-electron chi connectivity index (χ0n) is 17.2. The average Bonchev–Trinajstić information content (AvgIpc) is 2.74. The van der Waals surface area contributed by atoms with Crippen LogP contribution in [0.4, 0.5) is 13.2 Å². The monoisotopic (exact) mass is 516 g/mol. The third-order valence-electron chi connectivity index (χ3n) is 5.74. The fourth-order valence-electron chi connectivity index (χ4n) is 3.92. The number of nitrogens with zero attached hydrogens (tertiary/aromatic N) is 1. The highest BCUT2D eigenvalue weighted by atomic mass is 32.2. The molecule has 0 bridgehead atoms. The van der Waals surface area contributed by atoms with Crippen molar-refractivity contribution in [2.24, 2.45) is 0 Å². The quantitative estimate of drug-likeness (QED) is 0.425. The predicted molar refractivity (Wildman–Crippen MR) is 108 cm³/mol. The van der Waals surface area contributed by atoms with E-state index in [1.165, 1.54) is 17.6 Å². The zero-order chi connectivity index (χ0) is 24.5. The van der Waals surface area contributed by atoms with Gasteiger partial charge in [-0.05, 0) is 49.9 Å². The normalized spacial score (nSPS) is 21.8. The van der Waals surface area contributed by atoms with Gasteiger partial charge in [0.15, 0.2) is 4.75 Å². The summed E-state index contributed by atoms with van der Waals surface area (Å²) in [5.74, 6) is -2.28. The van der Waals surface area contributed by atoms with E-state index in [-0.39, 0.29) is 31.7 Å². The van der Waals surface area contributed by atoms with Crippen LogP contribution in [-0.2, 0) is 24.7 Å². The Morgan fingerprint density at radius 2 is 1.61 bits per heavy atom. The Morgan fingerprint density at radius 3 is 2.09 bits per heavy atom. The molecule has 0 unspecified atom stereocenters. The third kappa shape index (κ3) is 5.70. The molecule has 0 spiro atoms. The van der Waals surface area contributed by atoms with Gasteiger partial charge < -0.3 is 9.47 Å². The molecule has 2 aliphatic heterocycles. The lowest BCUT2D eigenvalue weighted by Crippen LogP contribution is -2.61. The molecule has 2 fully saturated rings. The molecular weight excluding hydrogens is 493 g/mol. The standard InChI is InChI=1S/C18H23F3N2O8S2/c19-18(20,21)31-15-3-1-13(2-4-15)30-14-5-9-23(10-6-14)33(28,29)17(16(24)22-25)7-11-32(26,27)12-8-17/h1-4,14,25H,5-12H2,(H,22,24). The smallest absolute Gasteiger partial charge is 0.490 e. The third-order valence-corrected chi connectivity index (χ3v) is 10.0. The number of sulfonamides is 1. The van der Waals surface area contributed by atoms with Crippen LogP contribution in [0, 0.1) is 0 Å². The molecule has 2 heterocycles. The van der Waals surface area contributed by atoms with E-state index in [1.807, 2.05) is 0 Å². The summed E-state index contributed by atoms with van der Waals surface area (Å²) in [6.45, 7) is -0.0368. The molecule has 0 atom stereocenters. The van der Waals surface area contributed by atoms with Crippen molar-refractivity contribution in [3.8, 4) is 11.5 Å². The number of alkyl halides is 3. The lowest BCUT2D eigenvalue weighted by Gasteiger charge is -2.40. The van der Waals surface area contributed by atoms with Crippen molar-refractivity contribution in [3.63, 3.8) is 0 Å². The highest BCUT2D eigenvalue weighted by Crippen LogP contribution is 2.36. The number of halogens is 3. The molecule has 2 aliphatic rings. The first kappa shape index (κ1) is 25.5. The maximum atomic E-state index is 13.3. The summed E-state index contributed by atoms with van der Waals surface area (Å²) in [6, 6.07) is 4.79. The molecule has 3 rings (SSSR count). The SMILES string of the molecule is O=C(NO)C1(S(=O)(=O)N2CCC(Oc3ccc(OC(F)(F)F)cc3)CC2)CCS(=O)(=O)CC1. The van der Waals surface area contributed by atoms with Crippen LogP contribution in [0.1, 0.15) is 25.7 Å². The Morgan fingerprint density at radius 1 is 1.09 bits per heavy atom. The van der Waals surface area contributed by atoms with Crippen LogP contribution in [-0.4, -0.2) is 74.1 Å². The van der Waals surface area contributed by atoms with Gasteiger partial charge >= 0.3 is 6.36 Å². The van der Waals surface area contributed by atoms with Gasteiger partial charge in [0.1, 0.15) is 27.4 Å². The number of piperidine rings is 1. The molecule has 0 aromatic heterocycles. The number of rotatable bonds is 6. The molecule has 1 aromatic rings. The van der Waals surface area contributed by atoms with Crippen molar-refractivity contribution in [2.75, 3.05) is 24.6 Å². The van der Waals surface area contributed by atoms with E-state index in [0.29, 0.717) is 0 Å². The van der Waals surface area contributed by atoms with Gasteiger partial charge in [0.25, 0.3) is 5.91 Å². The number of benzene rings is 1.